The van der Waals surface area contributed by atoms with Crippen LogP contribution < -0.4 is 0 Å². The van der Waals surface area contributed by atoms with E-state index in [1.54, 1.807) is 6.92 Å². The molecular formula is C26H28N10O10. The van der Waals surface area contributed by atoms with E-state index in [4.69, 9.17) is 24.4 Å². The van der Waals surface area contributed by atoms with E-state index in [0.717, 1.165) is 22.8 Å². The highest BCUT2D eigenvalue weighted by Gasteiger charge is 2.35. The van der Waals surface area contributed by atoms with Gasteiger partial charge in [-0.05, 0) is 6.42 Å². The van der Waals surface area contributed by atoms with Gasteiger partial charge in [0.15, 0.2) is 0 Å². The van der Waals surface area contributed by atoms with Crippen LogP contribution in [-0.4, -0.2) is 108 Å². The van der Waals surface area contributed by atoms with Crippen LogP contribution in [0.5, 0.6) is 0 Å². The molecule has 20 heteroatoms. The number of carboxylic acid groups (broad SMARTS) is 2. The number of ether oxygens (including phenoxy) is 3. The lowest BCUT2D eigenvalue weighted by atomic mass is 9.88. The fourth-order valence-corrected chi connectivity index (χ4v) is 3.15. The second kappa shape index (κ2) is 16.9. The Hall–Kier alpha value is -6.60. The Morgan fingerprint density at radius 3 is 0.957 bits per heavy atom. The zero-order valence-electron chi connectivity index (χ0n) is 24.1. The molecule has 0 unspecified atom stereocenters. The molecule has 0 fully saturated rings. The Balaban J connectivity index is 0.000000291. The number of carbonyl (C=O) groups excluding carboxylic acids is 3. The summed E-state index contributed by atoms with van der Waals surface area (Å²) in [5, 5.41) is 16.4. The van der Waals surface area contributed by atoms with E-state index in [0.29, 0.717) is 6.42 Å². The zero-order chi connectivity index (χ0) is 33.4. The van der Waals surface area contributed by atoms with E-state index in [1.165, 1.54) is 93.6 Å². The van der Waals surface area contributed by atoms with Gasteiger partial charge in [-0.3, -0.25) is 0 Å². The maximum absolute atomic E-state index is 12.2. The molecule has 0 aliphatic rings. The zero-order valence-corrected chi connectivity index (χ0v) is 24.1. The molecular weight excluding hydrogens is 612 g/mol. The van der Waals surface area contributed by atoms with Crippen LogP contribution in [0.15, 0.2) is 93.6 Å². The van der Waals surface area contributed by atoms with Gasteiger partial charge in [0.05, 0.1) is 5.41 Å². The first-order chi connectivity index (χ1) is 22.1. The third kappa shape index (κ3) is 10.3. The Kier molecular flexibility index (Phi) is 12.4. The van der Waals surface area contributed by atoms with Crippen LogP contribution in [-0.2, 0) is 14.2 Å². The lowest BCUT2D eigenvalue weighted by molar-refractivity contribution is -0.0170. The number of hydrogen-bond acceptors (Lipinski definition) is 13. The van der Waals surface area contributed by atoms with Crippen molar-refractivity contribution in [1.82, 2.24) is 47.8 Å². The summed E-state index contributed by atoms with van der Waals surface area (Å²) in [6, 6.07) is 0. The van der Waals surface area contributed by atoms with Crippen molar-refractivity contribution in [1.29, 1.82) is 0 Å². The van der Waals surface area contributed by atoms with Crippen molar-refractivity contribution in [3.8, 4) is 0 Å². The quantitative estimate of drug-likeness (QED) is 0.243. The number of carbonyl (C=O) groups is 5. The summed E-state index contributed by atoms with van der Waals surface area (Å²) in [6.07, 6.45) is 16.9. The minimum Gasteiger partial charge on any atom is -0.464 e. The smallest absolute Gasteiger partial charge is 0.419 e. The molecule has 0 aliphatic heterocycles. The van der Waals surface area contributed by atoms with Crippen molar-refractivity contribution >= 4 is 30.5 Å². The summed E-state index contributed by atoms with van der Waals surface area (Å²) in [4.78, 5) is 74.9. The summed E-state index contributed by atoms with van der Waals surface area (Å²) in [5.74, 6) is 0. The molecule has 5 aromatic heterocycles. The molecule has 0 atom stereocenters. The summed E-state index contributed by atoms with van der Waals surface area (Å²) >= 11 is 0. The van der Waals surface area contributed by atoms with Gasteiger partial charge in [-0.25, -0.2) is 71.7 Å². The molecule has 0 radical (unpaired) electrons. The van der Waals surface area contributed by atoms with E-state index in [9.17, 15) is 24.0 Å². The third-order valence-electron chi connectivity index (χ3n) is 5.85. The van der Waals surface area contributed by atoms with E-state index in [1.807, 2.05) is 0 Å². The monoisotopic (exact) mass is 640 g/mol. The first-order valence-electron chi connectivity index (χ1n) is 13.0. The van der Waals surface area contributed by atoms with Crippen LogP contribution in [0.25, 0.3) is 0 Å². The SMILES string of the molecule is CCC(COC(=O)n1ccnc1)(COC(=O)n1ccnc1)COC(=O)n1ccnc1.O=C(O)n1ccnc1.O=C(O)n1ccnc1. The van der Waals surface area contributed by atoms with Gasteiger partial charge in [0.25, 0.3) is 0 Å². The van der Waals surface area contributed by atoms with Crippen molar-refractivity contribution in [3.05, 3.63) is 93.6 Å². The fourth-order valence-electron chi connectivity index (χ4n) is 3.15. The summed E-state index contributed by atoms with van der Waals surface area (Å²) in [6.45, 7) is 1.33. The highest BCUT2D eigenvalue weighted by atomic mass is 16.6. The van der Waals surface area contributed by atoms with Gasteiger partial charge in [0.1, 0.15) is 51.5 Å². The van der Waals surface area contributed by atoms with Crippen molar-refractivity contribution in [2.24, 2.45) is 5.41 Å². The van der Waals surface area contributed by atoms with Crippen molar-refractivity contribution in [3.63, 3.8) is 0 Å². The van der Waals surface area contributed by atoms with Gasteiger partial charge in [0, 0.05) is 62.0 Å². The van der Waals surface area contributed by atoms with Gasteiger partial charge in [-0.2, -0.15) is 0 Å². The van der Waals surface area contributed by atoms with E-state index in [-0.39, 0.29) is 19.8 Å². The number of nitrogens with zero attached hydrogens (tertiary/aromatic N) is 10. The lowest BCUT2D eigenvalue weighted by Crippen LogP contribution is -2.40. The third-order valence-corrected chi connectivity index (χ3v) is 5.85. The fraction of sp³-hybridized carbons (Fsp3) is 0.231. The topological polar surface area (TPSA) is 243 Å². The number of aromatic nitrogens is 10. The van der Waals surface area contributed by atoms with Gasteiger partial charge in [-0.1, -0.05) is 6.92 Å². The maximum Gasteiger partial charge on any atom is 0.419 e. The Morgan fingerprint density at radius 2 is 0.783 bits per heavy atom. The Bertz CT molecular complexity index is 1470. The van der Waals surface area contributed by atoms with Gasteiger partial charge in [0.2, 0.25) is 0 Å². The number of rotatable bonds is 7. The minimum atomic E-state index is -1.01. The molecule has 5 rings (SSSR count). The van der Waals surface area contributed by atoms with Crippen LogP contribution in [0.2, 0.25) is 0 Å². The van der Waals surface area contributed by atoms with Crippen LogP contribution in [0.1, 0.15) is 13.3 Å². The predicted octanol–water partition coefficient (Wildman–Crippen LogP) is 2.85. The van der Waals surface area contributed by atoms with Crippen LogP contribution in [0.4, 0.5) is 24.0 Å². The van der Waals surface area contributed by atoms with E-state index >= 15 is 0 Å². The molecule has 0 spiro atoms. The summed E-state index contributed by atoms with van der Waals surface area (Å²) in [7, 11) is 0. The van der Waals surface area contributed by atoms with Gasteiger partial charge < -0.3 is 24.4 Å². The highest BCUT2D eigenvalue weighted by molar-refractivity contribution is 5.71. The molecule has 0 aliphatic carbocycles. The number of imidazole rings is 5. The molecule has 5 heterocycles. The molecule has 2 N–H and O–H groups in total. The molecule has 20 nitrogen and oxygen atoms in total. The number of hydrogen-bond donors (Lipinski definition) is 2. The standard InChI is InChI=1S/C18H20N6O6.2C4H4N2O2/c1-2-18(9-28-15(25)22-6-3-19-12-22,10-29-16(26)23-7-4-20-13-23)11-30-17(27)24-8-5-21-14-24;2*7-4(8)6-2-1-5-3-6/h3-8,12-14H,2,9-11H2,1H3;2*1-3H,(H,7,8). The molecule has 0 saturated carbocycles. The average Bonchev–Trinajstić information content (AvgIpc) is 3.91. The maximum atomic E-state index is 12.2. The molecule has 46 heavy (non-hydrogen) atoms. The van der Waals surface area contributed by atoms with Crippen molar-refractivity contribution in [2.75, 3.05) is 19.8 Å². The van der Waals surface area contributed by atoms with E-state index in [2.05, 4.69) is 24.9 Å². The van der Waals surface area contributed by atoms with E-state index < -0.39 is 35.9 Å². The minimum absolute atomic E-state index is 0.158. The first-order valence-corrected chi connectivity index (χ1v) is 13.0. The molecule has 5 aromatic rings. The lowest BCUT2D eigenvalue weighted by Gasteiger charge is -2.30. The van der Waals surface area contributed by atoms with Crippen molar-refractivity contribution < 1.29 is 48.4 Å². The summed E-state index contributed by atoms with van der Waals surface area (Å²) in [5.41, 5.74) is -0.970. The Labute approximate surface area is 259 Å². The molecule has 0 aromatic carbocycles. The molecule has 0 saturated heterocycles. The first kappa shape index (κ1) is 33.9. The highest BCUT2D eigenvalue weighted by Crippen LogP contribution is 2.25. The van der Waals surface area contributed by atoms with Crippen LogP contribution >= 0.6 is 0 Å². The molecule has 0 amide bonds. The Morgan fingerprint density at radius 1 is 0.522 bits per heavy atom. The predicted molar refractivity (Wildman–Crippen MR) is 151 cm³/mol. The van der Waals surface area contributed by atoms with Crippen LogP contribution in [0, 0.1) is 5.41 Å². The van der Waals surface area contributed by atoms with Gasteiger partial charge in [-0.15, -0.1) is 0 Å². The largest absolute Gasteiger partial charge is 0.464 e. The molecule has 0 bridgehead atoms. The van der Waals surface area contributed by atoms with Crippen molar-refractivity contribution in [2.45, 2.75) is 13.3 Å². The second-order valence-electron chi connectivity index (χ2n) is 8.93. The molecule has 242 valence electrons. The average molecular weight is 641 g/mol. The normalized spacial score (nSPS) is 10.4. The van der Waals surface area contributed by atoms with Gasteiger partial charge >= 0.3 is 30.5 Å². The van der Waals surface area contributed by atoms with Crippen LogP contribution in [0.3, 0.4) is 0 Å². The second-order valence-corrected chi connectivity index (χ2v) is 8.93. The summed E-state index contributed by atoms with van der Waals surface area (Å²) < 4.78 is 21.5.